The van der Waals surface area contributed by atoms with Gasteiger partial charge in [-0.2, -0.15) is 0 Å². The monoisotopic (exact) mass is 446 g/mol. The molecule has 33 heavy (non-hydrogen) atoms. The molecule has 2 fully saturated rings. The first-order valence-electron chi connectivity index (χ1n) is 11.6. The lowest BCUT2D eigenvalue weighted by Gasteiger charge is -2.34. The van der Waals surface area contributed by atoms with Crippen molar-refractivity contribution in [1.29, 1.82) is 0 Å². The third-order valence-electron chi connectivity index (χ3n) is 7.54. The molecule has 0 bridgehead atoms. The van der Waals surface area contributed by atoms with E-state index in [2.05, 4.69) is 15.1 Å². The standard InChI is InChI=1S/C26H27FN4O2/c1-28-25(20-6-3-2-4-7-20)12-16-30(17-13-25)14-5-15-31-23(32)26(29-24(31)33)11-10-19-18-21(27)8-9-22(19)26/h2-4,6-9,18H,5,10-17H2,(H,29,33). The van der Waals surface area contributed by atoms with E-state index in [-0.39, 0.29) is 17.8 Å². The fourth-order valence-electron chi connectivity index (χ4n) is 5.64. The van der Waals surface area contributed by atoms with Gasteiger partial charge >= 0.3 is 6.03 Å². The molecule has 2 saturated heterocycles. The molecular weight excluding hydrogens is 419 g/mol. The van der Waals surface area contributed by atoms with Gasteiger partial charge in [-0.05, 0) is 49.1 Å². The predicted octanol–water partition coefficient (Wildman–Crippen LogP) is 3.82. The highest BCUT2D eigenvalue weighted by atomic mass is 19.1. The molecule has 1 N–H and O–H groups in total. The topological polar surface area (TPSA) is 57.0 Å². The van der Waals surface area contributed by atoms with Gasteiger partial charge in [-0.3, -0.25) is 9.69 Å². The summed E-state index contributed by atoms with van der Waals surface area (Å²) in [5, 5.41) is 2.90. The minimum atomic E-state index is -1.05. The first-order valence-corrected chi connectivity index (χ1v) is 11.6. The van der Waals surface area contributed by atoms with E-state index < -0.39 is 11.1 Å². The molecule has 1 atom stereocenters. The average molecular weight is 447 g/mol. The number of halogens is 1. The maximum absolute atomic E-state index is 13.6. The van der Waals surface area contributed by atoms with Gasteiger partial charge in [0.05, 0.1) is 0 Å². The molecule has 3 aliphatic rings. The first kappa shape index (κ1) is 21.6. The number of amides is 3. The average Bonchev–Trinajstić information content (AvgIpc) is 3.31. The van der Waals surface area contributed by atoms with Crippen molar-refractivity contribution in [3.63, 3.8) is 0 Å². The van der Waals surface area contributed by atoms with E-state index in [0.717, 1.165) is 49.2 Å². The van der Waals surface area contributed by atoms with Gasteiger partial charge in [0, 0.05) is 38.0 Å². The SMILES string of the molecule is [C-]#[N+]C1(c2ccccc2)CCN(CCCN2C(=O)NC3(CCc4cc(F)ccc43)C2=O)CC1. The molecule has 1 aliphatic carbocycles. The minimum Gasteiger partial charge on any atom is -0.319 e. The van der Waals surface area contributed by atoms with Crippen LogP contribution in [0, 0.1) is 12.4 Å². The zero-order valence-electron chi connectivity index (χ0n) is 18.5. The van der Waals surface area contributed by atoms with Gasteiger partial charge in [0.15, 0.2) is 0 Å². The third kappa shape index (κ3) is 3.59. The molecule has 2 heterocycles. The van der Waals surface area contributed by atoms with Crippen LogP contribution in [0.15, 0.2) is 48.5 Å². The molecule has 7 heteroatoms. The summed E-state index contributed by atoms with van der Waals surface area (Å²) in [7, 11) is 0. The molecule has 1 unspecified atom stereocenters. The summed E-state index contributed by atoms with van der Waals surface area (Å²) >= 11 is 0. The van der Waals surface area contributed by atoms with Crippen molar-refractivity contribution < 1.29 is 14.0 Å². The highest BCUT2D eigenvalue weighted by Crippen LogP contribution is 2.42. The fourth-order valence-corrected chi connectivity index (χ4v) is 5.64. The van der Waals surface area contributed by atoms with Gasteiger partial charge in [-0.1, -0.05) is 36.4 Å². The quantitative estimate of drug-likeness (QED) is 0.561. The van der Waals surface area contributed by atoms with Crippen molar-refractivity contribution in [1.82, 2.24) is 15.1 Å². The molecule has 5 rings (SSSR count). The molecule has 2 aliphatic heterocycles. The molecule has 1 spiro atoms. The van der Waals surface area contributed by atoms with Crippen LogP contribution in [0.4, 0.5) is 9.18 Å². The Labute approximate surface area is 193 Å². The zero-order chi connectivity index (χ0) is 23.1. The van der Waals surface area contributed by atoms with Crippen LogP contribution in [-0.4, -0.2) is 47.9 Å². The summed E-state index contributed by atoms with van der Waals surface area (Å²) in [6.45, 7) is 10.5. The van der Waals surface area contributed by atoms with E-state index in [0.29, 0.717) is 25.8 Å². The molecule has 170 valence electrons. The molecular formula is C26H27FN4O2. The highest BCUT2D eigenvalue weighted by molar-refractivity contribution is 6.08. The Bertz CT molecular complexity index is 1120. The van der Waals surface area contributed by atoms with Crippen molar-refractivity contribution in [3.05, 3.63) is 82.5 Å². The van der Waals surface area contributed by atoms with E-state index >= 15 is 0 Å². The van der Waals surface area contributed by atoms with Crippen LogP contribution in [0.1, 0.15) is 42.4 Å². The predicted molar refractivity (Wildman–Crippen MR) is 122 cm³/mol. The molecule has 0 radical (unpaired) electrons. The van der Waals surface area contributed by atoms with Crippen molar-refractivity contribution in [2.24, 2.45) is 0 Å². The molecule has 0 saturated carbocycles. The van der Waals surface area contributed by atoms with E-state index in [9.17, 15) is 14.0 Å². The number of carbonyl (C=O) groups excluding carboxylic acids is 2. The number of fused-ring (bicyclic) bond motifs is 2. The number of benzene rings is 2. The maximum Gasteiger partial charge on any atom is 0.325 e. The second-order valence-electron chi connectivity index (χ2n) is 9.30. The van der Waals surface area contributed by atoms with E-state index in [4.69, 9.17) is 6.57 Å². The minimum absolute atomic E-state index is 0.229. The molecule has 3 amide bonds. The van der Waals surface area contributed by atoms with Crippen molar-refractivity contribution in [2.45, 2.75) is 43.2 Å². The number of hydrogen-bond acceptors (Lipinski definition) is 3. The van der Waals surface area contributed by atoms with Crippen molar-refractivity contribution >= 4 is 11.9 Å². The summed E-state index contributed by atoms with van der Waals surface area (Å²) in [6.07, 6.45) is 3.28. The zero-order valence-corrected chi connectivity index (χ0v) is 18.5. The van der Waals surface area contributed by atoms with Gasteiger partial charge in [0.1, 0.15) is 11.4 Å². The number of piperidine rings is 1. The number of urea groups is 1. The normalized spacial score (nSPS) is 24.1. The van der Waals surface area contributed by atoms with Crippen LogP contribution in [0.2, 0.25) is 0 Å². The van der Waals surface area contributed by atoms with Gasteiger partial charge in [-0.25, -0.2) is 15.8 Å². The lowest BCUT2D eigenvalue weighted by Crippen LogP contribution is -2.43. The van der Waals surface area contributed by atoms with Gasteiger partial charge < -0.3 is 15.1 Å². The number of nitrogens with one attached hydrogen (secondary N) is 1. The number of aryl methyl sites for hydroxylation is 1. The van der Waals surface area contributed by atoms with Crippen LogP contribution in [-0.2, 0) is 22.3 Å². The van der Waals surface area contributed by atoms with Crippen LogP contribution in [0.5, 0.6) is 0 Å². The van der Waals surface area contributed by atoms with E-state index in [1.54, 1.807) is 6.07 Å². The Morgan fingerprint density at radius 3 is 2.52 bits per heavy atom. The first-order chi connectivity index (χ1) is 16.0. The number of hydrogen-bond donors (Lipinski definition) is 1. The Hall–Kier alpha value is -3.24. The highest BCUT2D eigenvalue weighted by Gasteiger charge is 2.55. The fraction of sp³-hybridized carbons (Fsp3) is 0.423. The summed E-state index contributed by atoms with van der Waals surface area (Å²) in [5.41, 5.74) is 1.10. The van der Waals surface area contributed by atoms with E-state index in [1.165, 1.54) is 17.0 Å². The van der Waals surface area contributed by atoms with Crippen LogP contribution in [0.3, 0.4) is 0 Å². The lowest BCUT2D eigenvalue weighted by atomic mass is 9.81. The Morgan fingerprint density at radius 2 is 1.79 bits per heavy atom. The van der Waals surface area contributed by atoms with E-state index in [1.807, 2.05) is 30.3 Å². The summed E-state index contributed by atoms with van der Waals surface area (Å²) in [4.78, 5) is 33.5. The largest absolute Gasteiger partial charge is 0.325 e. The molecule has 2 aromatic carbocycles. The van der Waals surface area contributed by atoms with Crippen molar-refractivity contribution in [2.75, 3.05) is 26.2 Å². The Kier molecular flexibility index (Phi) is 5.41. The summed E-state index contributed by atoms with van der Waals surface area (Å²) < 4.78 is 13.6. The van der Waals surface area contributed by atoms with Gasteiger partial charge in [-0.15, -0.1) is 0 Å². The maximum atomic E-state index is 13.6. The molecule has 6 nitrogen and oxygen atoms in total. The van der Waals surface area contributed by atoms with Gasteiger partial charge in [0.2, 0.25) is 0 Å². The number of imide groups is 1. The number of likely N-dealkylation sites (tertiary alicyclic amines) is 1. The Morgan fingerprint density at radius 1 is 1.03 bits per heavy atom. The van der Waals surface area contributed by atoms with Crippen molar-refractivity contribution in [3.8, 4) is 0 Å². The second kappa shape index (κ2) is 8.27. The number of carbonyl (C=O) groups is 2. The smallest absolute Gasteiger partial charge is 0.319 e. The van der Waals surface area contributed by atoms with Gasteiger partial charge in [0.25, 0.3) is 11.4 Å². The van der Waals surface area contributed by atoms with Crippen LogP contribution >= 0.6 is 0 Å². The summed E-state index contributed by atoms with van der Waals surface area (Å²) in [5.74, 6) is -0.553. The number of rotatable bonds is 5. The lowest BCUT2D eigenvalue weighted by molar-refractivity contribution is -0.131. The van der Waals surface area contributed by atoms with Crippen LogP contribution in [0.25, 0.3) is 4.85 Å². The molecule has 0 aromatic heterocycles. The summed E-state index contributed by atoms with van der Waals surface area (Å²) in [6, 6.07) is 14.1. The Balaban J connectivity index is 1.18. The van der Waals surface area contributed by atoms with Crippen LogP contribution < -0.4 is 5.32 Å². The second-order valence-corrected chi connectivity index (χ2v) is 9.30. The number of nitrogens with zero attached hydrogens (tertiary/aromatic N) is 3. The third-order valence-corrected chi connectivity index (χ3v) is 7.54. The molecule has 2 aromatic rings.